The number of aromatic nitrogens is 2. The van der Waals surface area contributed by atoms with Crippen LogP contribution in [0.15, 0.2) is 30.3 Å². The molecule has 0 saturated heterocycles. The number of carbonyl (C=O) groups excluding carboxylic acids is 1. The molecule has 1 amide bonds. The molecule has 1 fully saturated rings. The predicted octanol–water partition coefficient (Wildman–Crippen LogP) is 3.89. The van der Waals surface area contributed by atoms with Gasteiger partial charge in [-0.2, -0.15) is 5.10 Å². The molecule has 0 unspecified atom stereocenters. The molecule has 1 heterocycles. The fourth-order valence-electron chi connectivity index (χ4n) is 3.76. The van der Waals surface area contributed by atoms with Crippen LogP contribution in [0.5, 0.6) is 0 Å². The number of ether oxygens (including phenoxy) is 1. The topological polar surface area (TPSA) is 56.2 Å². The smallest absolute Gasteiger partial charge is 0.224 e. The van der Waals surface area contributed by atoms with Crippen LogP contribution in [0, 0.1) is 13.8 Å². The first-order chi connectivity index (χ1) is 13.1. The maximum absolute atomic E-state index is 12.3. The first-order valence-corrected chi connectivity index (χ1v) is 10.1. The molecule has 0 radical (unpaired) electrons. The van der Waals surface area contributed by atoms with E-state index in [4.69, 9.17) is 4.74 Å². The number of carbonyl (C=O) groups is 1. The summed E-state index contributed by atoms with van der Waals surface area (Å²) in [6.45, 7) is 5.38. The minimum atomic E-state index is 0.0477. The van der Waals surface area contributed by atoms with Crippen LogP contribution < -0.4 is 5.32 Å². The Kier molecular flexibility index (Phi) is 7.04. The van der Waals surface area contributed by atoms with Gasteiger partial charge in [-0.25, -0.2) is 4.68 Å². The van der Waals surface area contributed by atoms with E-state index >= 15 is 0 Å². The average Bonchev–Trinajstić information content (AvgIpc) is 2.97. The van der Waals surface area contributed by atoms with Crippen molar-refractivity contribution in [2.45, 2.75) is 64.9 Å². The van der Waals surface area contributed by atoms with Gasteiger partial charge in [-0.1, -0.05) is 37.5 Å². The Labute approximate surface area is 162 Å². The van der Waals surface area contributed by atoms with Gasteiger partial charge >= 0.3 is 0 Å². The fraction of sp³-hybridized carbons (Fsp3) is 0.545. The largest absolute Gasteiger partial charge is 0.378 e. The third-order valence-electron chi connectivity index (χ3n) is 5.33. The quantitative estimate of drug-likeness (QED) is 0.718. The van der Waals surface area contributed by atoms with E-state index in [0.717, 1.165) is 35.7 Å². The maximum atomic E-state index is 12.3. The van der Waals surface area contributed by atoms with E-state index in [2.05, 4.69) is 10.4 Å². The van der Waals surface area contributed by atoms with Crippen LogP contribution >= 0.6 is 0 Å². The van der Waals surface area contributed by atoms with Gasteiger partial charge in [-0.15, -0.1) is 0 Å². The lowest BCUT2D eigenvalue weighted by molar-refractivity contribution is -0.120. The van der Waals surface area contributed by atoms with Gasteiger partial charge in [0.1, 0.15) is 0 Å². The fourth-order valence-corrected chi connectivity index (χ4v) is 3.76. The Morgan fingerprint density at radius 1 is 1.19 bits per heavy atom. The Morgan fingerprint density at radius 2 is 1.93 bits per heavy atom. The third kappa shape index (κ3) is 5.42. The van der Waals surface area contributed by atoms with E-state index in [1.165, 1.54) is 32.1 Å². The first-order valence-electron chi connectivity index (χ1n) is 10.1. The molecule has 0 spiro atoms. The number of benzene rings is 1. The lowest BCUT2D eigenvalue weighted by Crippen LogP contribution is -2.28. The van der Waals surface area contributed by atoms with Crippen molar-refractivity contribution in [1.82, 2.24) is 15.1 Å². The normalized spacial score (nSPS) is 15.0. The summed E-state index contributed by atoms with van der Waals surface area (Å²) in [5, 5.41) is 7.63. The molecule has 146 valence electrons. The summed E-state index contributed by atoms with van der Waals surface area (Å²) in [5.41, 5.74) is 3.96. The molecule has 0 aliphatic heterocycles. The Morgan fingerprint density at radius 3 is 2.67 bits per heavy atom. The van der Waals surface area contributed by atoms with Crippen molar-refractivity contribution >= 4 is 5.91 Å². The number of aryl methyl sites for hydroxylation is 1. The van der Waals surface area contributed by atoms with E-state index in [0.29, 0.717) is 19.1 Å². The minimum Gasteiger partial charge on any atom is -0.378 e. The van der Waals surface area contributed by atoms with Gasteiger partial charge in [-0.3, -0.25) is 4.79 Å². The van der Waals surface area contributed by atoms with Crippen LogP contribution in [0.4, 0.5) is 0 Å². The van der Waals surface area contributed by atoms with Crippen LogP contribution in [-0.4, -0.2) is 34.9 Å². The lowest BCUT2D eigenvalue weighted by Gasteiger charge is -2.21. The van der Waals surface area contributed by atoms with Crippen LogP contribution in [0.25, 0.3) is 5.69 Å². The number of amides is 1. The zero-order valence-electron chi connectivity index (χ0n) is 16.5. The zero-order valence-corrected chi connectivity index (χ0v) is 16.5. The van der Waals surface area contributed by atoms with E-state index < -0.39 is 0 Å². The highest BCUT2D eigenvalue weighted by Gasteiger charge is 2.16. The summed E-state index contributed by atoms with van der Waals surface area (Å²) < 4.78 is 7.82. The summed E-state index contributed by atoms with van der Waals surface area (Å²) in [4.78, 5) is 12.3. The van der Waals surface area contributed by atoms with Gasteiger partial charge in [0.05, 0.1) is 23.9 Å². The second-order valence-corrected chi connectivity index (χ2v) is 7.41. The monoisotopic (exact) mass is 369 g/mol. The number of nitrogens with zero attached hydrogens (tertiary/aromatic N) is 2. The molecule has 0 atom stereocenters. The molecule has 1 aliphatic carbocycles. The van der Waals surface area contributed by atoms with Crippen molar-refractivity contribution in [3.63, 3.8) is 0 Å². The van der Waals surface area contributed by atoms with Gasteiger partial charge < -0.3 is 10.1 Å². The van der Waals surface area contributed by atoms with Crippen molar-refractivity contribution in [1.29, 1.82) is 0 Å². The molecule has 1 aromatic carbocycles. The van der Waals surface area contributed by atoms with E-state index in [1.807, 2.05) is 48.9 Å². The van der Waals surface area contributed by atoms with E-state index in [-0.39, 0.29) is 5.91 Å². The summed E-state index contributed by atoms with van der Waals surface area (Å²) in [6.07, 6.45) is 7.97. The van der Waals surface area contributed by atoms with Gasteiger partial charge in [0.2, 0.25) is 5.91 Å². The number of nitrogens with one attached hydrogen (secondary N) is 1. The number of para-hydroxylation sites is 1. The minimum absolute atomic E-state index is 0.0477. The summed E-state index contributed by atoms with van der Waals surface area (Å²) in [5.74, 6) is 0.0477. The second kappa shape index (κ2) is 9.70. The first kappa shape index (κ1) is 19.6. The Bertz CT molecular complexity index is 734. The Balaban J connectivity index is 1.44. The molecule has 1 aromatic heterocycles. The second-order valence-electron chi connectivity index (χ2n) is 7.41. The number of hydrogen-bond acceptors (Lipinski definition) is 3. The van der Waals surface area contributed by atoms with Gasteiger partial charge in [0, 0.05) is 24.4 Å². The van der Waals surface area contributed by atoms with Crippen LogP contribution in [0.2, 0.25) is 0 Å². The molecular formula is C22H31N3O2. The molecule has 2 aromatic rings. The predicted molar refractivity (Wildman–Crippen MR) is 107 cm³/mol. The lowest BCUT2D eigenvalue weighted by atomic mass is 9.98. The molecule has 5 heteroatoms. The highest BCUT2D eigenvalue weighted by molar-refractivity contribution is 5.79. The summed E-state index contributed by atoms with van der Waals surface area (Å²) >= 11 is 0. The van der Waals surface area contributed by atoms with Crippen molar-refractivity contribution in [2.24, 2.45) is 0 Å². The average molecular weight is 370 g/mol. The molecular weight excluding hydrogens is 338 g/mol. The SMILES string of the molecule is Cc1nn(-c2ccccc2)c(C)c1CC(=O)NCCCOC1CCCCC1. The van der Waals surface area contributed by atoms with E-state index in [9.17, 15) is 4.79 Å². The maximum Gasteiger partial charge on any atom is 0.224 e. The number of rotatable bonds is 8. The molecule has 0 bridgehead atoms. The van der Waals surface area contributed by atoms with Crippen LogP contribution in [0.1, 0.15) is 55.5 Å². The molecule has 1 saturated carbocycles. The van der Waals surface area contributed by atoms with Gasteiger partial charge in [-0.05, 0) is 45.2 Å². The van der Waals surface area contributed by atoms with Crippen molar-refractivity contribution < 1.29 is 9.53 Å². The molecule has 5 nitrogen and oxygen atoms in total. The number of hydrogen-bond donors (Lipinski definition) is 1. The summed E-state index contributed by atoms with van der Waals surface area (Å²) in [6, 6.07) is 10.0. The van der Waals surface area contributed by atoms with Crippen molar-refractivity contribution in [3.8, 4) is 5.69 Å². The molecule has 3 rings (SSSR count). The van der Waals surface area contributed by atoms with Crippen LogP contribution in [0.3, 0.4) is 0 Å². The van der Waals surface area contributed by atoms with Crippen LogP contribution in [-0.2, 0) is 16.0 Å². The molecule has 1 aliphatic rings. The third-order valence-corrected chi connectivity index (χ3v) is 5.33. The van der Waals surface area contributed by atoms with Gasteiger partial charge in [0.25, 0.3) is 0 Å². The van der Waals surface area contributed by atoms with Crippen molar-refractivity contribution in [3.05, 3.63) is 47.3 Å². The van der Waals surface area contributed by atoms with Gasteiger partial charge in [0.15, 0.2) is 0 Å². The zero-order chi connectivity index (χ0) is 19.1. The highest BCUT2D eigenvalue weighted by Crippen LogP contribution is 2.20. The van der Waals surface area contributed by atoms with Crippen molar-refractivity contribution in [2.75, 3.05) is 13.2 Å². The summed E-state index contributed by atoms with van der Waals surface area (Å²) in [7, 11) is 0. The standard InChI is InChI=1S/C22H31N3O2/c1-17-21(18(2)25(24-17)19-10-5-3-6-11-19)16-22(26)23-14-9-15-27-20-12-7-4-8-13-20/h3,5-6,10-11,20H,4,7-9,12-16H2,1-2H3,(H,23,26). The van der Waals surface area contributed by atoms with E-state index in [1.54, 1.807) is 0 Å². The highest BCUT2D eigenvalue weighted by atomic mass is 16.5. The Hall–Kier alpha value is -2.14. The molecule has 27 heavy (non-hydrogen) atoms. The molecule has 1 N–H and O–H groups in total.